The fourth-order valence-corrected chi connectivity index (χ4v) is 2.20. The molecule has 0 atom stereocenters. The number of hydrogen-bond acceptors (Lipinski definition) is 3. The molecular weight excluding hydrogens is 311 g/mol. The van der Waals surface area contributed by atoms with Gasteiger partial charge in [-0.1, -0.05) is 27.3 Å². The van der Waals surface area contributed by atoms with Crippen molar-refractivity contribution in [1.82, 2.24) is 0 Å². The summed E-state index contributed by atoms with van der Waals surface area (Å²) in [5, 5.41) is 9.07. The lowest BCUT2D eigenvalue weighted by Crippen LogP contribution is -1.89. The number of rotatable bonds is 3. The van der Waals surface area contributed by atoms with Gasteiger partial charge in [0.25, 0.3) is 0 Å². The fourth-order valence-electron chi connectivity index (χ4n) is 1.16. The molecule has 0 bridgehead atoms. The SMILES string of the molecule is O=C(O)c1ccc(Oc2ccc(Br)cc2F)s1. The van der Waals surface area contributed by atoms with E-state index in [2.05, 4.69) is 15.9 Å². The van der Waals surface area contributed by atoms with Crippen molar-refractivity contribution in [1.29, 1.82) is 0 Å². The van der Waals surface area contributed by atoms with Crippen molar-refractivity contribution in [3.63, 3.8) is 0 Å². The zero-order chi connectivity index (χ0) is 12.4. The molecule has 0 saturated heterocycles. The summed E-state index contributed by atoms with van der Waals surface area (Å²) in [5.41, 5.74) is 0. The van der Waals surface area contributed by atoms with Crippen LogP contribution in [-0.4, -0.2) is 11.1 Å². The highest BCUT2D eigenvalue weighted by molar-refractivity contribution is 9.10. The predicted molar refractivity (Wildman–Crippen MR) is 65.5 cm³/mol. The first-order chi connectivity index (χ1) is 8.06. The summed E-state index contributed by atoms with van der Waals surface area (Å²) in [6.07, 6.45) is 0. The minimum atomic E-state index is -1.03. The molecule has 1 N–H and O–H groups in total. The second-order valence-electron chi connectivity index (χ2n) is 3.10. The maximum Gasteiger partial charge on any atom is 0.345 e. The van der Waals surface area contributed by atoms with Crippen molar-refractivity contribution in [2.75, 3.05) is 0 Å². The Bertz CT molecular complexity index is 568. The Balaban J connectivity index is 2.22. The smallest absolute Gasteiger partial charge is 0.345 e. The summed E-state index contributed by atoms with van der Waals surface area (Å²) >= 11 is 4.08. The van der Waals surface area contributed by atoms with Crippen LogP contribution in [0.1, 0.15) is 9.67 Å². The Morgan fingerprint density at radius 3 is 2.71 bits per heavy atom. The fraction of sp³-hybridized carbons (Fsp3) is 0. The van der Waals surface area contributed by atoms with Crippen LogP contribution in [0.25, 0.3) is 0 Å². The third-order valence-corrected chi connectivity index (χ3v) is 3.34. The van der Waals surface area contributed by atoms with E-state index in [0.717, 1.165) is 11.3 Å². The van der Waals surface area contributed by atoms with Gasteiger partial charge < -0.3 is 9.84 Å². The number of halogens is 2. The summed E-state index contributed by atoms with van der Waals surface area (Å²) in [6, 6.07) is 7.31. The lowest BCUT2D eigenvalue weighted by atomic mass is 10.3. The molecule has 88 valence electrons. The first-order valence-corrected chi connectivity index (χ1v) is 6.13. The molecule has 0 fully saturated rings. The Morgan fingerprint density at radius 2 is 2.12 bits per heavy atom. The van der Waals surface area contributed by atoms with E-state index in [-0.39, 0.29) is 10.6 Å². The summed E-state index contributed by atoms with van der Waals surface area (Å²) in [5.74, 6) is -1.47. The first kappa shape index (κ1) is 12.1. The molecule has 0 unspecified atom stereocenters. The van der Waals surface area contributed by atoms with Crippen molar-refractivity contribution >= 4 is 33.2 Å². The van der Waals surface area contributed by atoms with Gasteiger partial charge in [0.15, 0.2) is 16.6 Å². The Kier molecular flexibility index (Phi) is 3.44. The third kappa shape index (κ3) is 2.83. The summed E-state index contributed by atoms with van der Waals surface area (Å²) in [6.45, 7) is 0. The van der Waals surface area contributed by atoms with E-state index in [1.165, 1.54) is 24.3 Å². The second-order valence-corrected chi connectivity index (χ2v) is 5.06. The minimum absolute atomic E-state index is 0.0620. The standard InChI is InChI=1S/C11H6BrFO3S/c12-6-1-2-8(7(13)5-6)16-10-4-3-9(17-10)11(14)15/h1-5H,(H,14,15). The van der Waals surface area contributed by atoms with Gasteiger partial charge in [0, 0.05) is 4.47 Å². The maximum absolute atomic E-state index is 13.4. The zero-order valence-corrected chi connectivity index (χ0v) is 10.7. The van der Waals surface area contributed by atoms with Gasteiger partial charge >= 0.3 is 5.97 Å². The van der Waals surface area contributed by atoms with Crippen LogP contribution in [0.2, 0.25) is 0 Å². The van der Waals surface area contributed by atoms with Gasteiger partial charge in [0.1, 0.15) is 4.88 Å². The van der Waals surface area contributed by atoms with Crippen LogP contribution >= 0.6 is 27.3 Å². The molecule has 2 aromatic rings. The summed E-state index contributed by atoms with van der Waals surface area (Å²) in [4.78, 5) is 10.8. The number of carboxylic acids is 1. The van der Waals surface area contributed by atoms with Crippen LogP contribution in [0.5, 0.6) is 10.8 Å². The quantitative estimate of drug-likeness (QED) is 0.925. The van der Waals surface area contributed by atoms with E-state index in [4.69, 9.17) is 9.84 Å². The van der Waals surface area contributed by atoms with E-state index >= 15 is 0 Å². The highest BCUT2D eigenvalue weighted by Gasteiger charge is 2.10. The van der Waals surface area contributed by atoms with E-state index in [1.807, 2.05) is 0 Å². The molecule has 0 aliphatic rings. The predicted octanol–water partition coefficient (Wildman–Crippen LogP) is 4.14. The molecule has 0 aliphatic carbocycles. The first-order valence-electron chi connectivity index (χ1n) is 4.52. The van der Waals surface area contributed by atoms with Gasteiger partial charge in [-0.15, -0.1) is 0 Å². The second kappa shape index (κ2) is 4.85. The molecule has 2 rings (SSSR count). The average Bonchev–Trinajstić information content (AvgIpc) is 2.71. The average molecular weight is 317 g/mol. The molecule has 0 saturated carbocycles. The van der Waals surface area contributed by atoms with Crippen LogP contribution in [0.3, 0.4) is 0 Å². The lowest BCUT2D eigenvalue weighted by molar-refractivity contribution is 0.0702. The van der Waals surface area contributed by atoms with Gasteiger partial charge in [0.05, 0.1) is 0 Å². The molecule has 0 radical (unpaired) electrons. The highest BCUT2D eigenvalue weighted by Crippen LogP contribution is 2.31. The molecule has 17 heavy (non-hydrogen) atoms. The topological polar surface area (TPSA) is 46.5 Å². The number of hydrogen-bond donors (Lipinski definition) is 1. The van der Waals surface area contributed by atoms with Crippen molar-refractivity contribution in [2.24, 2.45) is 0 Å². The third-order valence-electron chi connectivity index (χ3n) is 1.90. The van der Waals surface area contributed by atoms with Crippen molar-refractivity contribution in [2.45, 2.75) is 0 Å². The van der Waals surface area contributed by atoms with Crippen molar-refractivity contribution in [3.05, 3.63) is 45.5 Å². The Morgan fingerprint density at radius 1 is 1.35 bits per heavy atom. The molecular formula is C11H6BrFO3S. The van der Waals surface area contributed by atoms with Crippen molar-refractivity contribution < 1.29 is 19.0 Å². The number of ether oxygens (including phenoxy) is 1. The highest BCUT2D eigenvalue weighted by atomic mass is 79.9. The van der Waals surface area contributed by atoms with Gasteiger partial charge in [-0.25, -0.2) is 9.18 Å². The van der Waals surface area contributed by atoms with E-state index in [0.29, 0.717) is 9.54 Å². The van der Waals surface area contributed by atoms with E-state index in [1.54, 1.807) is 6.07 Å². The minimum Gasteiger partial charge on any atom is -0.477 e. The molecule has 0 amide bonds. The van der Waals surface area contributed by atoms with Crippen LogP contribution in [0.15, 0.2) is 34.8 Å². The lowest BCUT2D eigenvalue weighted by Gasteiger charge is -2.03. The van der Waals surface area contributed by atoms with Gasteiger partial charge in [-0.3, -0.25) is 0 Å². The maximum atomic E-state index is 13.4. The zero-order valence-electron chi connectivity index (χ0n) is 8.31. The van der Waals surface area contributed by atoms with Gasteiger partial charge in [0.2, 0.25) is 0 Å². The number of thiophene rings is 1. The van der Waals surface area contributed by atoms with Crippen molar-refractivity contribution in [3.8, 4) is 10.8 Å². The summed E-state index contributed by atoms with van der Waals surface area (Å²) in [7, 11) is 0. The normalized spacial score (nSPS) is 10.2. The summed E-state index contributed by atoms with van der Waals surface area (Å²) < 4.78 is 19.3. The molecule has 6 heteroatoms. The van der Waals surface area contributed by atoms with Crippen LogP contribution in [0.4, 0.5) is 4.39 Å². The monoisotopic (exact) mass is 316 g/mol. The molecule has 1 heterocycles. The molecule has 1 aromatic heterocycles. The molecule has 1 aromatic carbocycles. The number of benzene rings is 1. The van der Waals surface area contributed by atoms with Gasteiger partial charge in [-0.05, 0) is 30.3 Å². The molecule has 3 nitrogen and oxygen atoms in total. The van der Waals surface area contributed by atoms with Crippen LogP contribution < -0.4 is 4.74 Å². The van der Waals surface area contributed by atoms with Crippen LogP contribution in [0, 0.1) is 5.82 Å². The van der Waals surface area contributed by atoms with Crippen LogP contribution in [-0.2, 0) is 0 Å². The Hall–Kier alpha value is -1.40. The molecule has 0 aliphatic heterocycles. The largest absolute Gasteiger partial charge is 0.477 e. The molecule has 0 spiro atoms. The van der Waals surface area contributed by atoms with E-state index in [9.17, 15) is 9.18 Å². The Labute approximate surface area is 109 Å². The van der Waals surface area contributed by atoms with E-state index < -0.39 is 11.8 Å². The number of aromatic carboxylic acids is 1. The number of carboxylic acid groups (broad SMARTS) is 1. The van der Waals surface area contributed by atoms with Gasteiger partial charge in [-0.2, -0.15) is 0 Å². The number of carbonyl (C=O) groups is 1.